The molecule has 0 fully saturated rings. The van der Waals surface area contributed by atoms with Gasteiger partial charge in [-0.15, -0.1) is 0 Å². The van der Waals surface area contributed by atoms with Crippen LogP contribution >= 0.6 is 15.9 Å². The van der Waals surface area contributed by atoms with Gasteiger partial charge in [-0.25, -0.2) is 4.79 Å². The van der Waals surface area contributed by atoms with E-state index in [0.717, 1.165) is 5.69 Å². The summed E-state index contributed by atoms with van der Waals surface area (Å²) in [7, 11) is 1.29. The maximum Gasteiger partial charge on any atom is 0.359 e. The molecular formula is C12H13BrN4O2. The number of rotatable bonds is 5. The molecule has 0 spiro atoms. The molecule has 0 saturated heterocycles. The van der Waals surface area contributed by atoms with E-state index in [9.17, 15) is 4.79 Å². The molecule has 100 valence electrons. The van der Waals surface area contributed by atoms with E-state index in [2.05, 4.69) is 31.8 Å². The first-order valence-electron chi connectivity index (χ1n) is 5.62. The van der Waals surface area contributed by atoms with E-state index in [4.69, 9.17) is 10.5 Å². The molecule has 0 unspecified atom stereocenters. The summed E-state index contributed by atoms with van der Waals surface area (Å²) in [5, 5.41) is 21.7. The van der Waals surface area contributed by atoms with Crippen molar-refractivity contribution in [1.82, 2.24) is 9.78 Å². The third kappa shape index (κ3) is 3.55. The van der Waals surface area contributed by atoms with Gasteiger partial charge >= 0.3 is 5.97 Å². The molecule has 0 N–H and O–H groups in total. The molecule has 0 aliphatic rings. The van der Waals surface area contributed by atoms with Crippen LogP contribution in [0.15, 0.2) is 4.47 Å². The highest BCUT2D eigenvalue weighted by molar-refractivity contribution is 9.10. The summed E-state index contributed by atoms with van der Waals surface area (Å²) < 4.78 is 6.78. The van der Waals surface area contributed by atoms with Crippen molar-refractivity contribution in [1.29, 1.82) is 10.5 Å². The second-order valence-corrected chi connectivity index (χ2v) is 4.74. The van der Waals surface area contributed by atoms with E-state index in [1.54, 1.807) is 11.6 Å². The number of aromatic nitrogens is 2. The van der Waals surface area contributed by atoms with Crippen molar-refractivity contribution >= 4 is 21.9 Å². The SMILES string of the molecule is COC(=O)c1nn(C[C@@H](C#N)CCC#N)c(C)c1Br. The molecule has 0 radical (unpaired) electrons. The molecule has 1 aromatic heterocycles. The Hall–Kier alpha value is -1.86. The van der Waals surface area contributed by atoms with Crippen LogP contribution in [0.1, 0.15) is 29.0 Å². The van der Waals surface area contributed by atoms with Gasteiger partial charge in [-0.1, -0.05) is 0 Å². The molecular weight excluding hydrogens is 312 g/mol. The molecule has 1 atom stereocenters. The zero-order chi connectivity index (χ0) is 14.4. The molecule has 0 bridgehead atoms. The average molecular weight is 325 g/mol. The predicted molar refractivity (Wildman–Crippen MR) is 70.0 cm³/mol. The van der Waals surface area contributed by atoms with Crippen LogP contribution in [0, 0.1) is 35.5 Å². The molecule has 19 heavy (non-hydrogen) atoms. The van der Waals surface area contributed by atoms with Gasteiger partial charge in [-0.05, 0) is 29.3 Å². The van der Waals surface area contributed by atoms with Gasteiger partial charge < -0.3 is 4.74 Å². The fourth-order valence-corrected chi connectivity index (χ4v) is 2.02. The zero-order valence-corrected chi connectivity index (χ0v) is 12.3. The molecule has 0 aromatic carbocycles. The molecule has 0 aliphatic carbocycles. The summed E-state index contributed by atoms with van der Waals surface area (Å²) in [5.41, 5.74) is 0.939. The second kappa shape index (κ2) is 6.91. The number of carbonyl (C=O) groups excluding carboxylic acids is 1. The number of ether oxygens (including phenoxy) is 1. The van der Waals surface area contributed by atoms with Crippen LogP contribution in [0.5, 0.6) is 0 Å². The smallest absolute Gasteiger partial charge is 0.359 e. The standard InChI is InChI=1S/C12H13BrN4O2/c1-8-10(13)11(12(18)19-2)16-17(8)7-9(6-15)4-3-5-14/h9H,3-4,7H2,1-2H3/t9-/m1/s1. The highest BCUT2D eigenvalue weighted by Crippen LogP contribution is 2.22. The lowest BCUT2D eigenvalue weighted by Gasteiger charge is -2.08. The first kappa shape index (κ1) is 15.2. The molecule has 1 aromatic rings. The molecule has 0 amide bonds. The number of hydrogen-bond donors (Lipinski definition) is 0. The molecule has 7 heteroatoms. The van der Waals surface area contributed by atoms with Gasteiger partial charge in [0.05, 0.1) is 41.9 Å². The van der Waals surface area contributed by atoms with Gasteiger partial charge in [0.15, 0.2) is 5.69 Å². The second-order valence-electron chi connectivity index (χ2n) is 3.94. The highest BCUT2D eigenvalue weighted by Gasteiger charge is 2.21. The Labute approximate surface area is 119 Å². The summed E-state index contributed by atoms with van der Waals surface area (Å²) in [4.78, 5) is 11.5. The van der Waals surface area contributed by atoms with Crippen LogP contribution < -0.4 is 0 Å². The van der Waals surface area contributed by atoms with Crippen molar-refractivity contribution in [2.45, 2.75) is 26.3 Å². The van der Waals surface area contributed by atoms with Crippen LogP contribution in [0.2, 0.25) is 0 Å². The van der Waals surface area contributed by atoms with Crippen molar-refractivity contribution in [3.8, 4) is 12.1 Å². The molecule has 0 saturated carbocycles. The van der Waals surface area contributed by atoms with Gasteiger partial charge in [-0.2, -0.15) is 15.6 Å². The Balaban J connectivity index is 2.93. The Bertz CT molecular complexity index is 553. The maximum absolute atomic E-state index is 11.5. The van der Waals surface area contributed by atoms with E-state index < -0.39 is 5.97 Å². The van der Waals surface area contributed by atoms with Crippen molar-refractivity contribution in [3.63, 3.8) is 0 Å². The first-order chi connectivity index (χ1) is 9.04. The van der Waals surface area contributed by atoms with E-state index in [-0.39, 0.29) is 11.6 Å². The number of carbonyl (C=O) groups is 1. The van der Waals surface area contributed by atoms with Crippen molar-refractivity contribution in [3.05, 3.63) is 15.9 Å². The fraction of sp³-hybridized carbons (Fsp3) is 0.500. The summed E-state index contributed by atoms with van der Waals surface area (Å²) in [6.45, 7) is 2.14. The van der Waals surface area contributed by atoms with Crippen molar-refractivity contribution in [2.75, 3.05) is 7.11 Å². The Kier molecular flexibility index (Phi) is 5.53. The number of hydrogen-bond acceptors (Lipinski definition) is 5. The topological polar surface area (TPSA) is 91.7 Å². The molecule has 6 nitrogen and oxygen atoms in total. The lowest BCUT2D eigenvalue weighted by Crippen LogP contribution is -2.12. The fourth-order valence-electron chi connectivity index (χ4n) is 1.57. The van der Waals surface area contributed by atoms with Gasteiger partial charge in [0.25, 0.3) is 0 Å². The Morgan fingerprint density at radius 1 is 1.58 bits per heavy atom. The Morgan fingerprint density at radius 2 is 2.26 bits per heavy atom. The minimum Gasteiger partial charge on any atom is -0.464 e. The van der Waals surface area contributed by atoms with E-state index >= 15 is 0 Å². The molecule has 1 heterocycles. The van der Waals surface area contributed by atoms with E-state index in [1.807, 2.05) is 6.07 Å². The normalized spacial score (nSPS) is 11.4. The number of nitrogens with zero attached hydrogens (tertiary/aromatic N) is 4. The van der Waals surface area contributed by atoms with E-state index in [0.29, 0.717) is 23.9 Å². The third-order valence-corrected chi connectivity index (χ3v) is 3.64. The summed E-state index contributed by atoms with van der Waals surface area (Å²) >= 11 is 3.29. The lowest BCUT2D eigenvalue weighted by atomic mass is 10.1. The number of halogens is 1. The summed E-state index contributed by atoms with van der Waals surface area (Å²) in [5.74, 6) is -0.838. The van der Waals surface area contributed by atoms with Gasteiger partial charge in [0, 0.05) is 6.42 Å². The monoisotopic (exact) mass is 324 g/mol. The summed E-state index contributed by atoms with van der Waals surface area (Å²) in [6, 6.07) is 4.15. The van der Waals surface area contributed by atoms with Crippen LogP contribution in [-0.4, -0.2) is 22.9 Å². The lowest BCUT2D eigenvalue weighted by molar-refractivity contribution is 0.0592. The zero-order valence-electron chi connectivity index (χ0n) is 10.7. The highest BCUT2D eigenvalue weighted by atomic mass is 79.9. The average Bonchev–Trinajstić information content (AvgIpc) is 2.70. The van der Waals surface area contributed by atoms with Crippen LogP contribution in [0.3, 0.4) is 0 Å². The number of esters is 1. The molecule has 0 aliphatic heterocycles. The van der Waals surface area contributed by atoms with Crippen LogP contribution in [0.4, 0.5) is 0 Å². The maximum atomic E-state index is 11.5. The van der Waals surface area contributed by atoms with Crippen molar-refractivity contribution in [2.24, 2.45) is 5.92 Å². The van der Waals surface area contributed by atoms with Crippen LogP contribution in [0.25, 0.3) is 0 Å². The minimum atomic E-state index is -0.528. The van der Waals surface area contributed by atoms with Gasteiger partial charge in [0.2, 0.25) is 0 Å². The molecule has 1 rings (SSSR count). The van der Waals surface area contributed by atoms with Crippen molar-refractivity contribution < 1.29 is 9.53 Å². The third-order valence-electron chi connectivity index (χ3n) is 2.69. The minimum absolute atomic E-state index is 0.192. The van der Waals surface area contributed by atoms with Gasteiger partial charge in [-0.3, -0.25) is 4.68 Å². The van der Waals surface area contributed by atoms with E-state index in [1.165, 1.54) is 7.11 Å². The van der Waals surface area contributed by atoms with Crippen LogP contribution in [-0.2, 0) is 11.3 Å². The predicted octanol–water partition coefficient (Wildman–Crippen LogP) is 2.18. The Morgan fingerprint density at radius 3 is 2.79 bits per heavy atom. The number of methoxy groups -OCH3 is 1. The van der Waals surface area contributed by atoms with Gasteiger partial charge in [0.1, 0.15) is 0 Å². The quantitative estimate of drug-likeness (QED) is 0.774. The number of nitriles is 2. The largest absolute Gasteiger partial charge is 0.464 e. The first-order valence-corrected chi connectivity index (χ1v) is 6.42. The summed E-state index contributed by atoms with van der Waals surface area (Å²) in [6.07, 6.45) is 0.807.